The highest BCUT2D eigenvalue weighted by Crippen LogP contribution is 2.21. The van der Waals surface area contributed by atoms with E-state index >= 15 is 0 Å². The second kappa shape index (κ2) is 10.6. The predicted molar refractivity (Wildman–Crippen MR) is 122 cm³/mol. The van der Waals surface area contributed by atoms with Crippen molar-refractivity contribution in [1.29, 1.82) is 0 Å². The first-order valence-electron chi connectivity index (χ1n) is 11.1. The van der Waals surface area contributed by atoms with E-state index in [2.05, 4.69) is 55.9 Å². The van der Waals surface area contributed by atoms with E-state index in [4.69, 9.17) is 4.74 Å². The molecule has 1 atom stereocenters. The smallest absolute Gasteiger partial charge is 0.119 e. The second-order valence-electron chi connectivity index (χ2n) is 8.03. The normalized spacial score (nSPS) is 17.7. The Balaban J connectivity index is 1.40. The molecule has 0 amide bonds. The van der Waals surface area contributed by atoms with E-state index in [0.717, 1.165) is 50.6 Å². The summed E-state index contributed by atoms with van der Waals surface area (Å²) in [5, 5.41) is 9.66. The van der Waals surface area contributed by atoms with E-state index in [9.17, 15) is 5.11 Å². The van der Waals surface area contributed by atoms with Crippen LogP contribution in [0.15, 0.2) is 67.1 Å². The van der Waals surface area contributed by atoms with Crippen molar-refractivity contribution in [3.8, 4) is 11.4 Å². The lowest BCUT2D eigenvalue weighted by molar-refractivity contribution is 0.0492. The number of rotatable bonds is 9. The van der Waals surface area contributed by atoms with E-state index in [0.29, 0.717) is 12.6 Å². The fraction of sp³-hybridized carbons (Fsp3) is 0.400. The number of aliphatic hydroxyl groups is 1. The van der Waals surface area contributed by atoms with Crippen LogP contribution in [0.1, 0.15) is 24.6 Å². The summed E-state index contributed by atoms with van der Waals surface area (Å²) < 4.78 is 7.77. The Morgan fingerprint density at radius 1 is 1.06 bits per heavy atom. The summed E-state index contributed by atoms with van der Waals surface area (Å²) in [7, 11) is 0. The van der Waals surface area contributed by atoms with Crippen LogP contribution in [-0.2, 0) is 13.1 Å². The molecule has 4 rings (SSSR count). The molecule has 1 N–H and O–H groups in total. The molecule has 164 valence electrons. The fourth-order valence-corrected chi connectivity index (χ4v) is 4.35. The van der Waals surface area contributed by atoms with E-state index in [1.807, 2.05) is 31.3 Å². The second-order valence-corrected chi connectivity index (χ2v) is 8.03. The highest BCUT2D eigenvalue weighted by atomic mass is 16.5. The zero-order valence-electron chi connectivity index (χ0n) is 18.2. The highest BCUT2D eigenvalue weighted by molar-refractivity contribution is 5.32. The summed E-state index contributed by atoms with van der Waals surface area (Å²) in [6.45, 7) is 7.64. The Hall–Kier alpha value is -2.67. The van der Waals surface area contributed by atoms with Gasteiger partial charge in [0.1, 0.15) is 5.75 Å². The number of piperazine rings is 1. The van der Waals surface area contributed by atoms with Gasteiger partial charge in [-0.15, -0.1) is 0 Å². The topological polar surface area (TPSA) is 53.8 Å². The minimum atomic E-state index is 0.213. The van der Waals surface area contributed by atoms with Crippen LogP contribution in [0.3, 0.4) is 0 Å². The Kier molecular flexibility index (Phi) is 7.35. The largest absolute Gasteiger partial charge is 0.494 e. The van der Waals surface area contributed by atoms with Crippen LogP contribution in [0.2, 0.25) is 0 Å². The standard InChI is InChI=1S/C25H32N4O2/c1-2-31-25-9-7-21(8-10-25)18-28-15-14-27(19-23(28)11-16-30)20-24-6-4-13-29(24)22-5-3-12-26-17-22/h3-10,12-13,17,23,30H,2,11,14-16,18-20H2,1H3/t23-/m0/s1. The first kappa shape index (κ1) is 21.6. The van der Waals surface area contributed by atoms with Crippen LogP contribution in [0, 0.1) is 0 Å². The average Bonchev–Trinajstić information content (AvgIpc) is 3.26. The molecule has 2 aromatic heterocycles. The van der Waals surface area contributed by atoms with Gasteiger partial charge in [0, 0.05) is 63.5 Å². The van der Waals surface area contributed by atoms with Gasteiger partial charge in [0.25, 0.3) is 0 Å². The first-order valence-corrected chi connectivity index (χ1v) is 11.1. The number of pyridine rings is 1. The lowest BCUT2D eigenvalue weighted by Crippen LogP contribution is -2.52. The third kappa shape index (κ3) is 5.53. The zero-order chi connectivity index (χ0) is 21.5. The number of ether oxygens (including phenoxy) is 1. The molecule has 6 nitrogen and oxygen atoms in total. The average molecular weight is 421 g/mol. The van der Waals surface area contributed by atoms with Crippen molar-refractivity contribution in [2.24, 2.45) is 0 Å². The lowest BCUT2D eigenvalue weighted by Gasteiger charge is -2.41. The van der Waals surface area contributed by atoms with E-state index in [-0.39, 0.29) is 6.61 Å². The minimum absolute atomic E-state index is 0.213. The molecule has 31 heavy (non-hydrogen) atoms. The molecule has 3 heterocycles. The molecule has 0 aliphatic carbocycles. The highest BCUT2D eigenvalue weighted by Gasteiger charge is 2.27. The molecule has 1 fully saturated rings. The summed E-state index contributed by atoms with van der Waals surface area (Å²) >= 11 is 0. The third-order valence-electron chi connectivity index (χ3n) is 5.91. The van der Waals surface area contributed by atoms with Gasteiger partial charge in [-0.1, -0.05) is 12.1 Å². The molecular formula is C25H32N4O2. The summed E-state index contributed by atoms with van der Waals surface area (Å²) in [4.78, 5) is 9.25. The molecule has 6 heteroatoms. The van der Waals surface area contributed by atoms with Gasteiger partial charge in [-0.3, -0.25) is 14.8 Å². The van der Waals surface area contributed by atoms with Crippen molar-refractivity contribution in [3.63, 3.8) is 0 Å². The molecule has 1 aliphatic rings. The van der Waals surface area contributed by atoms with Crippen molar-refractivity contribution in [2.75, 3.05) is 32.8 Å². The number of aliphatic hydroxyl groups excluding tert-OH is 1. The molecule has 3 aromatic rings. The van der Waals surface area contributed by atoms with Gasteiger partial charge in [0.2, 0.25) is 0 Å². The maximum Gasteiger partial charge on any atom is 0.119 e. The van der Waals surface area contributed by atoms with E-state index < -0.39 is 0 Å². The van der Waals surface area contributed by atoms with Crippen LogP contribution < -0.4 is 4.74 Å². The Morgan fingerprint density at radius 2 is 1.94 bits per heavy atom. The number of nitrogens with zero attached hydrogens (tertiary/aromatic N) is 4. The molecule has 1 saturated heterocycles. The molecule has 0 unspecified atom stereocenters. The van der Waals surface area contributed by atoms with Crippen molar-refractivity contribution in [2.45, 2.75) is 32.5 Å². The maximum atomic E-state index is 9.66. The minimum Gasteiger partial charge on any atom is -0.494 e. The van der Waals surface area contributed by atoms with Crippen LogP contribution in [0.4, 0.5) is 0 Å². The predicted octanol–water partition coefficient (Wildman–Crippen LogP) is 3.34. The van der Waals surface area contributed by atoms with Gasteiger partial charge < -0.3 is 14.4 Å². The van der Waals surface area contributed by atoms with Crippen LogP contribution >= 0.6 is 0 Å². The molecule has 0 spiro atoms. The Labute approximate surface area is 184 Å². The Morgan fingerprint density at radius 3 is 2.68 bits per heavy atom. The van der Waals surface area contributed by atoms with Gasteiger partial charge in [-0.05, 0) is 55.3 Å². The summed E-state index contributed by atoms with van der Waals surface area (Å²) in [5.74, 6) is 0.916. The lowest BCUT2D eigenvalue weighted by atomic mass is 10.1. The molecule has 0 saturated carbocycles. The van der Waals surface area contributed by atoms with Gasteiger partial charge >= 0.3 is 0 Å². The van der Waals surface area contributed by atoms with Crippen molar-refractivity contribution < 1.29 is 9.84 Å². The molecule has 1 aromatic carbocycles. The monoisotopic (exact) mass is 420 g/mol. The van der Waals surface area contributed by atoms with Gasteiger partial charge in [0.15, 0.2) is 0 Å². The van der Waals surface area contributed by atoms with Crippen molar-refractivity contribution >= 4 is 0 Å². The van der Waals surface area contributed by atoms with Gasteiger partial charge in [-0.2, -0.15) is 0 Å². The first-order chi connectivity index (χ1) is 15.3. The molecule has 0 radical (unpaired) electrons. The SMILES string of the molecule is CCOc1ccc(CN2CCN(Cc3cccn3-c3cccnc3)C[C@@H]2CCO)cc1. The Bertz CT molecular complexity index is 926. The van der Waals surface area contributed by atoms with E-state index in [1.165, 1.54) is 11.3 Å². The summed E-state index contributed by atoms with van der Waals surface area (Å²) in [6.07, 6.45) is 6.58. The number of benzene rings is 1. The van der Waals surface area contributed by atoms with Crippen LogP contribution in [-0.4, -0.2) is 63.3 Å². The summed E-state index contributed by atoms with van der Waals surface area (Å²) in [6, 6.07) is 17.0. The number of hydrogen-bond acceptors (Lipinski definition) is 5. The zero-order valence-corrected chi connectivity index (χ0v) is 18.2. The quantitative estimate of drug-likeness (QED) is 0.575. The number of aromatic nitrogens is 2. The number of hydrogen-bond donors (Lipinski definition) is 1. The fourth-order valence-electron chi connectivity index (χ4n) is 4.35. The third-order valence-corrected chi connectivity index (χ3v) is 5.91. The molecular weight excluding hydrogens is 388 g/mol. The molecule has 1 aliphatic heterocycles. The molecule has 0 bridgehead atoms. The van der Waals surface area contributed by atoms with Gasteiger partial charge in [0.05, 0.1) is 18.5 Å². The summed E-state index contributed by atoms with van der Waals surface area (Å²) in [5.41, 5.74) is 3.63. The van der Waals surface area contributed by atoms with E-state index in [1.54, 1.807) is 6.20 Å². The van der Waals surface area contributed by atoms with Crippen LogP contribution in [0.5, 0.6) is 5.75 Å². The van der Waals surface area contributed by atoms with Crippen molar-refractivity contribution in [1.82, 2.24) is 19.4 Å². The maximum absolute atomic E-state index is 9.66. The van der Waals surface area contributed by atoms with Crippen molar-refractivity contribution in [3.05, 3.63) is 78.4 Å². The van der Waals surface area contributed by atoms with Crippen LogP contribution in [0.25, 0.3) is 5.69 Å². The van der Waals surface area contributed by atoms with Gasteiger partial charge in [-0.25, -0.2) is 0 Å².